The third-order valence-corrected chi connectivity index (χ3v) is 4.63. The number of hydrogen-bond acceptors (Lipinski definition) is 0. The summed E-state index contributed by atoms with van der Waals surface area (Å²) in [7, 11) is -4.21. The first-order valence-electron chi connectivity index (χ1n) is 4.75. The zero-order chi connectivity index (χ0) is 10.8. The fourth-order valence-corrected chi connectivity index (χ4v) is 3.67. The predicted octanol–water partition coefficient (Wildman–Crippen LogP) is 3.32. The Balaban J connectivity index is 2.86. The van der Waals surface area contributed by atoms with E-state index in [-0.39, 0.29) is 16.6 Å². The molecule has 0 aliphatic rings. The van der Waals surface area contributed by atoms with E-state index in [1.807, 2.05) is 20.8 Å². The van der Waals surface area contributed by atoms with Gasteiger partial charge in [0.1, 0.15) is 0 Å². The van der Waals surface area contributed by atoms with Crippen LogP contribution in [0.25, 0.3) is 0 Å². The molecular formula is C11H16F2Si. The van der Waals surface area contributed by atoms with Gasteiger partial charge in [0.2, 0.25) is 0 Å². The SMILES string of the molecule is CC(C)(C)C[Si](F)(F)c1ccccc1. The predicted molar refractivity (Wildman–Crippen MR) is 58.3 cm³/mol. The van der Waals surface area contributed by atoms with Gasteiger partial charge in [-0.1, -0.05) is 51.1 Å². The smallest absolute Gasteiger partial charge is 0.265 e. The summed E-state index contributed by atoms with van der Waals surface area (Å²) in [5.41, 5.74) is -0.300. The Morgan fingerprint density at radius 3 is 2.00 bits per heavy atom. The molecule has 0 amide bonds. The number of hydrogen-bond donors (Lipinski definition) is 0. The molecule has 0 bridgehead atoms. The zero-order valence-electron chi connectivity index (χ0n) is 8.85. The Hall–Kier alpha value is -0.703. The average molecular weight is 214 g/mol. The first-order chi connectivity index (χ1) is 6.31. The molecule has 0 atom stereocenters. The van der Waals surface area contributed by atoms with Crippen LogP contribution in [0.4, 0.5) is 8.22 Å². The van der Waals surface area contributed by atoms with Gasteiger partial charge in [0.25, 0.3) is 0 Å². The van der Waals surface area contributed by atoms with Gasteiger partial charge in [-0.3, -0.25) is 8.22 Å². The van der Waals surface area contributed by atoms with Crippen molar-refractivity contribution in [3.05, 3.63) is 30.3 Å². The second-order valence-corrected chi connectivity index (χ2v) is 7.15. The minimum absolute atomic E-state index is 0.0179. The minimum atomic E-state index is -4.21. The Morgan fingerprint density at radius 1 is 1.07 bits per heavy atom. The highest BCUT2D eigenvalue weighted by Gasteiger charge is 2.41. The zero-order valence-corrected chi connectivity index (χ0v) is 9.85. The topological polar surface area (TPSA) is 0 Å². The maximum Gasteiger partial charge on any atom is 0.456 e. The lowest BCUT2D eigenvalue weighted by molar-refractivity contribution is 0.429. The number of rotatable bonds is 2. The lowest BCUT2D eigenvalue weighted by Crippen LogP contribution is -2.41. The van der Waals surface area contributed by atoms with Crippen LogP contribution in [0.5, 0.6) is 0 Å². The fraction of sp³-hybridized carbons (Fsp3) is 0.455. The Morgan fingerprint density at radius 2 is 1.57 bits per heavy atom. The molecule has 0 fully saturated rings. The first-order valence-corrected chi connectivity index (χ1v) is 6.71. The first kappa shape index (κ1) is 11.4. The average Bonchev–Trinajstić information content (AvgIpc) is 2.01. The third-order valence-electron chi connectivity index (χ3n) is 1.95. The molecule has 0 aliphatic carbocycles. The summed E-state index contributed by atoms with van der Waals surface area (Å²) in [6.45, 7) is 5.57. The molecule has 0 aromatic heterocycles. The molecule has 14 heavy (non-hydrogen) atoms. The summed E-state index contributed by atoms with van der Waals surface area (Å²) in [6, 6.07) is 8.23. The minimum Gasteiger partial charge on any atom is -0.265 e. The molecule has 1 aromatic rings. The van der Waals surface area contributed by atoms with Crippen LogP contribution in [0, 0.1) is 5.41 Å². The van der Waals surface area contributed by atoms with Crippen LogP contribution in [-0.2, 0) is 0 Å². The van der Waals surface area contributed by atoms with Crippen LogP contribution in [0.1, 0.15) is 20.8 Å². The molecule has 0 unspecified atom stereocenters. The number of benzene rings is 1. The molecule has 0 saturated carbocycles. The van der Waals surface area contributed by atoms with Crippen LogP contribution in [0.15, 0.2) is 30.3 Å². The van der Waals surface area contributed by atoms with E-state index in [2.05, 4.69) is 0 Å². The van der Waals surface area contributed by atoms with E-state index in [9.17, 15) is 8.22 Å². The third kappa shape index (κ3) is 3.22. The molecule has 0 aliphatic heterocycles. The highest BCUT2D eigenvalue weighted by molar-refractivity contribution is 6.80. The highest BCUT2D eigenvalue weighted by atomic mass is 28.4. The van der Waals surface area contributed by atoms with Crippen molar-refractivity contribution < 1.29 is 8.22 Å². The lowest BCUT2D eigenvalue weighted by atomic mass is 10.0. The summed E-state index contributed by atoms with van der Waals surface area (Å²) in [5, 5.41) is 0.245. The summed E-state index contributed by atoms with van der Waals surface area (Å²) >= 11 is 0. The molecule has 0 spiro atoms. The van der Waals surface area contributed by atoms with Crippen LogP contribution in [-0.4, -0.2) is 8.74 Å². The lowest BCUT2D eigenvalue weighted by Gasteiger charge is -2.23. The maximum absolute atomic E-state index is 13.8. The monoisotopic (exact) mass is 214 g/mol. The van der Waals surface area contributed by atoms with Crippen LogP contribution >= 0.6 is 0 Å². The molecule has 0 N–H and O–H groups in total. The van der Waals surface area contributed by atoms with Crippen molar-refractivity contribution in [2.24, 2.45) is 5.41 Å². The summed E-state index contributed by atoms with van der Waals surface area (Å²) in [5.74, 6) is 0. The molecule has 1 rings (SSSR count). The van der Waals surface area contributed by atoms with Crippen molar-refractivity contribution in [2.45, 2.75) is 26.8 Å². The van der Waals surface area contributed by atoms with Crippen LogP contribution in [0.2, 0.25) is 6.04 Å². The van der Waals surface area contributed by atoms with Gasteiger partial charge in [0.15, 0.2) is 0 Å². The van der Waals surface area contributed by atoms with Gasteiger partial charge in [-0.25, -0.2) is 0 Å². The van der Waals surface area contributed by atoms with Crippen molar-refractivity contribution in [3.8, 4) is 0 Å². The van der Waals surface area contributed by atoms with Crippen LogP contribution in [0.3, 0.4) is 0 Å². The van der Waals surface area contributed by atoms with Crippen molar-refractivity contribution in [1.29, 1.82) is 0 Å². The number of halogens is 2. The van der Waals surface area contributed by atoms with Gasteiger partial charge < -0.3 is 0 Å². The molecule has 0 radical (unpaired) electrons. The molecule has 0 saturated heterocycles. The van der Waals surface area contributed by atoms with Gasteiger partial charge in [-0.2, -0.15) is 0 Å². The van der Waals surface area contributed by atoms with Crippen molar-refractivity contribution in [1.82, 2.24) is 0 Å². The highest BCUT2D eigenvalue weighted by Crippen LogP contribution is 2.29. The van der Waals surface area contributed by atoms with Crippen LogP contribution < -0.4 is 5.19 Å². The van der Waals surface area contributed by atoms with E-state index >= 15 is 0 Å². The maximum atomic E-state index is 13.8. The van der Waals surface area contributed by atoms with E-state index in [4.69, 9.17) is 0 Å². The van der Waals surface area contributed by atoms with Crippen molar-refractivity contribution in [3.63, 3.8) is 0 Å². The van der Waals surface area contributed by atoms with Crippen molar-refractivity contribution in [2.75, 3.05) is 0 Å². The summed E-state index contributed by atoms with van der Waals surface area (Å²) in [6.07, 6.45) is 0. The summed E-state index contributed by atoms with van der Waals surface area (Å²) < 4.78 is 27.6. The second-order valence-electron chi connectivity index (χ2n) is 4.81. The van der Waals surface area contributed by atoms with Gasteiger partial charge in [-0.05, 0) is 5.41 Å². The quantitative estimate of drug-likeness (QED) is 0.523. The second kappa shape index (κ2) is 3.81. The van der Waals surface area contributed by atoms with E-state index < -0.39 is 8.74 Å². The standard InChI is InChI=1S/C11H16F2Si/c1-11(2,3)9-14(12,13)10-7-5-4-6-8-10/h4-8H,9H2,1-3H3. The Kier molecular flexibility index (Phi) is 3.09. The molecule has 3 heteroatoms. The normalized spacial score (nSPS) is 12.9. The van der Waals surface area contributed by atoms with Gasteiger partial charge in [0.05, 0.1) is 0 Å². The van der Waals surface area contributed by atoms with E-state index in [0.29, 0.717) is 0 Å². The van der Waals surface area contributed by atoms with Crippen molar-refractivity contribution >= 4 is 13.9 Å². The Bertz CT molecular complexity index is 288. The van der Waals surface area contributed by atoms with Gasteiger partial charge in [-0.15, -0.1) is 0 Å². The van der Waals surface area contributed by atoms with Gasteiger partial charge >= 0.3 is 8.74 Å². The largest absolute Gasteiger partial charge is 0.456 e. The summed E-state index contributed by atoms with van der Waals surface area (Å²) in [4.78, 5) is 0. The van der Waals surface area contributed by atoms with E-state index in [1.54, 1.807) is 18.2 Å². The van der Waals surface area contributed by atoms with E-state index in [0.717, 1.165) is 0 Å². The fourth-order valence-electron chi connectivity index (χ4n) is 1.45. The molecular weight excluding hydrogens is 198 g/mol. The molecule has 1 aromatic carbocycles. The molecule has 78 valence electrons. The van der Waals surface area contributed by atoms with Gasteiger partial charge in [0, 0.05) is 11.2 Å². The Labute approximate surface area is 85.3 Å². The molecule has 0 nitrogen and oxygen atoms in total. The molecule has 0 heterocycles. The van der Waals surface area contributed by atoms with E-state index in [1.165, 1.54) is 12.1 Å².